The van der Waals surface area contributed by atoms with Gasteiger partial charge in [0.1, 0.15) is 23.7 Å². The van der Waals surface area contributed by atoms with Crippen LogP contribution in [-0.4, -0.2) is 141 Å². The third-order valence-electron chi connectivity index (χ3n) is 11.1. The summed E-state index contributed by atoms with van der Waals surface area (Å²) >= 11 is 0. The lowest BCUT2D eigenvalue weighted by atomic mass is 9.89. The number of hydrogen-bond acceptors (Lipinski definition) is 15. The number of carbonyl (C=O) groups excluding carboxylic acids is 9. The standard InChI is InChI=1S/C49H63N7O15/c1-32(2)45(53-41(59)20-26-68-28-27-67-25-6-8-37(57)19-22-56-42(60)16-17-43(56)61)39(58)29-35(7-5-21-51-47(50)64)46(63)52-36-13-9-33(10-14-36)31-69-48(65)54(3)23-24-55(4)49(66)70-38-15-11-34-12-18-44(62)71-40(34)30-38/h9-18,30,32,35,45H,5-8,19-29,31H2,1-4H3,(H,52,63)(H,53,59)(H3,50,51,64)/t35-,45?/m1/s1. The Kier molecular flexibility index (Phi) is 22.8. The summed E-state index contributed by atoms with van der Waals surface area (Å²) in [6.07, 6.45) is 2.09. The van der Waals surface area contributed by atoms with Crippen LogP contribution < -0.4 is 32.0 Å². The van der Waals surface area contributed by atoms with Crippen LogP contribution in [0.5, 0.6) is 5.75 Å². The first-order chi connectivity index (χ1) is 33.9. The van der Waals surface area contributed by atoms with Crippen molar-refractivity contribution in [2.45, 2.75) is 71.4 Å². The quantitative estimate of drug-likeness (QED) is 0.0421. The Morgan fingerprint density at radius 3 is 2.11 bits per heavy atom. The SMILES string of the molecule is CC(C)C(NC(=O)CCOCCOCCCC(=O)CCN1C(=O)C=CC1=O)C(=O)C[C@@H](CCCNC(N)=O)C(=O)Nc1ccc(COC(=O)N(C)CCN(C)C(=O)Oc2ccc3ccc(=O)oc3c2)cc1. The molecule has 1 aliphatic rings. The van der Waals surface area contributed by atoms with Crippen molar-refractivity contribution in [3.05, 3.63) is 82.7 Å². The summed E-state index contributed by atoms with van der Waals surface area (Å²) in [5.74, 6) is -3.14. The summed E-state index contributed by atoms with van der Waals surface area (Å²) in [6, 6.07) is 12.4. The summed E-state index contributed by atoms with van der Waals surface area (Å²) in [5, 5.41) is 8.73. The zero-order chi connectivity index (χ0) is 51.9. The molecular formula is C49H63N7O15. The van der Waals surface area contributed by atoms with Gasteiger partial charge in [-0.25, -0.2) is 19.2 Å². The molecule has 1 unspecified atom stereocenters. The molecule has 5 N–H and O–H groups in total. The maximum atomic E-state index is 13.7. The molecule has 2 aromatic carbocycles. The molecule has 0 saturated heterocycles. The predicted octanol–water partition coefficient (Wildman–Crippen LogP) is 3.68. The number of nitrogens with zero attached hydrogens (tertiary/aromatic N) is 3. The summed E-state index contributed by atoms with van der Waals surface area (Å²) in [7, 11) is 3.01. The van der Waals surface area contributed by atoms with E-state index in [0.717, 1.165) is 4.90 Å². The third-order valence-corrected chi connectivity index (χ3v) is 11.1. The van der Waals surface area contributed by atoms with E-state index < -0.39 is 59.4 Å². The Bertz CT molecular complexity index is 2420. The number of carbonyl (C=O) groups is 9. The van der Waals surface area contributed by atoms with Crippen molar-refractivity contribution in [3.63, 3.8) is 0 Å². The van der Waals surface area contributed by atoms with Crippen molar-refractivity contribution < 1.29 is 66.5 Å². The minimum absolute atomic E-state index is 0.0360. The molecule has 4 rings (SSSR count). The number of benzene rings is 2. The third kappa shape index (κ3) is 19.8. The first-order valence-corrected chi connectivity index (χ1v) is 23.2. The van der Waals surface area contributed by atoms with Crippen LogP contribution in [0.15, 0.2) is 76.0 Å². The van der Waals surface area contributed by atoms with E-state index in [9.17, 15) is 47.9 Å². The van der Waals surface area contributed by atoms with E-state index >= 15 is 0 Å². The molecular weight excluding hydrogens is 927 g/mol. The highest BCUT2D eigenvalue weighted by atomic mass is 16.6. The number of fused-ring (bicyclic) bond motifs is 1. The van der Waals surface area contributed by atoms with E-state index in [4.69, 9.17) is 29.1 Å². The van der Waals surface area contributed by atoms with Crippen molar-refractivity contribution in [1.82, 2.24) is 25.3 Å². The van der Waals surface area contributed by atoms with Gasteiger partial charge in [0.05, 0.1) is 25.9 Å². The largest absolute Gasteiger partial charge is 0.445 e. The van der Waals surface area contributed by atoms with Crippen LogP contribution in [0.25, 0.3) is 11.0 Å². The van der Waals surface area contributed by atoms with Crippen LogP contribution in [0.2, 0.25) is 0 Å². The summed E-state index contributed by atoms with van der Waals surface area (Å²) < 4.78 is 27.0. The lowest BCUT2D eigenvalue weighted by molar-refractivity contribution is -0.137. The Morgan fingerprint density at radius 2 is 1.44 bits per heavy atom. The first-order valence-electron chi connectivity index (χ1n) is 23.2. The fourth-order valence-corrected chi connectivity index (χ4v) is 6.94. The highest BCUT2D eigenvalue weighted by Gasteiger charge is 2.30. The molecule has 1 aromatic heterocycles. The molecule has 1 aliphatic heterocycles. The number of imide groups is 1. The molecule has 384 valence electrons. The minimum Gasteiger partial charge on any atom is -0.445 e. The molecule has 0 bridgehead atoms. The molecule has 22 heteroatoms. The van der Waals surface area contributed by atoms with E-state index in [2.05, 4.69) is 16.0 Å². The summed E-state index contributed by atoms with van der Waals surface area (Å²) in [4.78, 5) is 127. The first kappa shape index (κ1) is 56.1. The maximum absolute atomic E-state index is 13.7. The average molecular weight is 990 g/mol. The minimum atomic E-state index is -0.895. The van der Waals surface area contributed by atoms with Crippen LogP contribution in [-0.2, 0) is 49.6 Å². The molecule has 2 heterocycles. The number of primary amides is 1. The molecule has 3 aromatic rings. The number of likely N-dealkylation sites (N-methyl/N-ethyl adjacent to an activating group) is 2. The fourth-order valence-electron chi connectivity index (χ4n) is 6.94. The molecule has 0 radical (unpaired) electrons. The number of ketones is 2. The van der Waals surface area contributed by atoms with Crippen LogP contribution >= 0.6 is 0 Å². The molecule has 0 fully saturated rings. The van der Waals surface area contributed by atoms with Gasteiger partial charge in [0, 0.05) is 114 Å². The van der Waals surface area contributed by atoms with Crippen molar-refractivity contribution in [2.75, 3.05) is 72.0 Å². The molecule has 71 heavy (non-hydrogen) atoms. The Morgan fingerprint density at radius 1 is 0.775 bits per heavy atom. The predicted molar refractivity (Wildman–Crippen MR) is 257 cm³/mol. The van der Waals surface area contributed by atoms with Gasteiger partial charge < -0.3 is 54.8 Å². The van der Waals surface area contributed by atoms with Crippen LogP contribution in [0, 0.1) is 11.8 Å². The van der Waals surface area contributed by atoms with E-state index in [0.29, 0.717) is 36.1 Å². The van der Waals surface area contributed by atoms with Gasteiger partial charge >= 0.3 is 23.8 Å². The van der Waals surface area contributed by atoms with Crippen LogP contribution in [0.3, 0.4) is 0 Å². The number of Topliss-reactive ketones (excluding diaryl/α,β-unsaturated/α-hetero) is 2. The van der Waals surface area contributed by atoms with Gasteiger partial charge in [-0.3, -0.25) is 33.7 Å². The van der Waals surface area contributed by atoms with E-state index in [1.54, 1.807) is 56.3 Å². The van der Waals surface area contributed by atoms with Crippen molar-refractivity contribution >= 4 is 70.1 Å². The van der Waals surface area contributed by atoms with Crippen molar-refractivity contribution in [2.24, 2.45) is 17.6 Å². The molecule has 0 aliphatic carbocycles. The highest BCUT2D eigenvalue weighted by Crippen LogP contribution is 2.22. The summed E-state index contributed by atoms with van der Waals surface area (Å²) in [5.41, 5.74) is 5.95. The lowest BCUT2D eigenvalue weighted by Crippen LogP contribution is -2.45. The second-order valence-electron chi connectivity index (χ2n) is 17.0. The molecule has 8 amide bonds. The zero-order valence-electron chi connectivity index (χ0n) is 40.4. The Labute approximate surface area is 410 Å². The van der Waals surface area contributed by atoms with Crippen LogP contribution in [0.4, 0.5) is 20.1 Å². The van der Waals surface area contributed by atoms with Crippen molar-refractivity contribution in [3.8, 4) is 5.75 Å². The topological polar surface area (TPSA) is 293 Å². The van der Waals surface area contributed by atoms with Crippen LogP contribution in [0.1, 0.15) is 64.4 Å². The molecule has 2 atom stereocenters. The van der Waals surface area contributed by atoms with Gasteiger partial charge in [0.2, 0.25) is 11.8 Å². The second-order valence-corrected chi connectivity index (χ2v) is 17.0. The number of urea groups is 1. The van der Waals surface area contributed by atoms with Crippen molar-refractivity contribution in [1.29, 1.82) is 0 Å². The summed E-state index contributed by atoms with van der Waals surface area (Å²) in [6.45, 7) is 4.68. The lowest BCUT2D eigenvalue weighted by Gasteiger charge is -2.24. The molecule has 0 saturated carbocycles. The number of nitrogens with one attached hydrogen (secondary N) is 3. The monoisotopic (exact) mass is 989 g/mol. The van der Waals surface area contributed by atoms with Gasteiger partial charge in [-0.2, -0.15) is 0 Å². The number of rotatable bonds is 30. The molecule has 0 spiro atoms. The average Bonchev–Trinajstić information content (AvgIpc) is 3.66. The smallest absolute Gasteiger partial charge is 0.415 e. The van der Waals surface area contributed by atoms with Gasteiger partial charge in [0.25, 0.3) is 11.8 Å². The number of amides is 8. The van der Waals surface area contributed by atoms with Gasteiger partial charge in [-0.05, 0) is 61.1 Å². The van der Waals surface area contributed by atoms with E-state index in [1.807, 2.05) is 0 Å². The van der Waals surface area contributed by atoms with E-state index in [1.165, 1.54) is 48.2 Å². The van der Waals surface area contributed by atoms with Gasteiger partial charge in [-0.1, -0.05) is 26.0 Å². The fraction of sp³-hybridized carbons (Fsp3) is 0.469. The highest BCUT2D eigenvalue weighted by molar-refractivity contribution is 6.13. The van der Waals surface area contributed by atoms with Gasteiger partial charge in [-0.15, -0.1) is 0 Å². The number of hydrogen-bond donors (Lipinski definition) is 4. The number of ether oxygens (including phenoxy) is 4. The maximum Gasteiger partial charge on any atom is 0.415 e. The zero-order valence-corrected chi connectivity index (χ0v) is 40.4. The van der Waals surface area contributed by atoms with E-state index in [-0.39, 0.29) is 114 Å². The second kappa shape index (κ2) is 28.9. The van der Waals surface area contributed by atoms with Gasteiger partial charge in [0.15, 0.2) is 5.78 Å². The Hall–Kier alpha value is -7.46. The molecule has 22 nitrogen and oxygen atoms in total. The normalized spacial score (nSPS) is 12.9. The number of nitrogens with two attached hydrogens (primary N) is 1. The Balaban J connectivity index is 1.16. The number of anilines is 1.